The number of nitrogens with two attached hydrogens (primary N) is 1. The number of nitrogens with one attached hydrogen (secondary N) is 1. The first kappa shape index (κ1) is 23.1. The second kappa shape index (κ2) is 10.5. The molecule has 158 valence electrons. The first-order valence-corrected chi connectivity index (χ1v) is 10.9. The molecule has 0 fully saturated rings. The fraction of sp³-hybridized carbons (Fsp3) is 0.316. The molecule has 0 saturated heterocycles. The van der Waals surface area contributed by atoms with Crippen molar-refractivity contribution in [2.75, 3.05) is 30.0 Å². The van der Waals surface area contributed by atoms with E-state index >= 15 is 0 Å². The number of rotatable bonds is 10. The van der Waals surface area contributed by atoms with Crippen LogP contribution in [0, 0.1) is 12.7 Å². The number of para-hydroxylation sites is 1. The molecule has 0 amide bonds. The third kappa shape index (κ3) is 7.28. The number of hydrogen-bond acceptors (Lipinski definition) is 7. The molecular formula is C19H22ClFN2O5S. The van der Waals surface area contributed by atoms with Gasteiger partial charge in [0, 0.05) is 5.69 Å². The van der Waals surface area contributed by atoms with Crippen molar-refractivity contribution < 1.29 is 27.2 Å². The van der Waals surface area contributed by atoms with Crippen LogP contribution in [0.3, 0.4) is 0 Å². The molecule has 0 atom stereocenters. The average molecular weight is 445 g/mol. The van der Waals surface area contributed by atoms with E-state index in [0.29, 0.717) is 11.3 Å². The van der Waals surface area contributed by atoms with Crippen LogP contribution in [0.15, 0.2) is 36.4 Å². The molecule has 0 bridgehead atoms. The summed E-state index contributed by atoms with van der Waals surface area (Å²) in [5, 5.41) is 3.11. The molecule has 0 heterocycles. The molecule has 0 aliphatic rings. The third-order valence-electron chi connectivity index (χ3n) is 3.99. The van der Waals surface area contributed by atoms with Gasteiger partial charge in [-0.2, -0.15) is 0 Å². The van der Waals surface area contributed by atoms with Crippen LogP contribution in [0.5, 0.6) is 0 Å². The Labute approximate surface area is 173 Å². The molecule has 10 heteroatoms. The number of ether oxygens (including phenoxy) is 1. The highest BCUT2D eigenvalue weighted by atomic mass is 35.5. The zero-order valence-corrected chi connectivity index (χ0v) is 17.4. The normalized spacial score (nSPS) is 11.3. The molecular weight excluding hydrogens is 423 g/mol. The molecule has 0 saturated carbocycles. The lowest BCUT2D eigenvalue weighted by Crippen LogP contribution is -2.22. The van der Waals surface area contributed by atoms with Crippen molar-refractivity contribution >= 4 is 38.8 Å². The quantitative estimate of drug-likeness (QED) is 0.428. The highest BCUT2D eigenvalue weighted by Crippen LogP contribution is 2.30. The predicted molar refractivity (Wildman–Crippen MR) is 109 cm³/mol. The minimum Gasteiger partial charge on any atom is -0.464 e. The lowest BCUT2D eigenvalue weighted by Gasteiger charge is -2.14. The van der Waals surface area contributed by atoms with E-state index < -0.39 is 21.6 Å². The van der Waals surface area contributed by atoms with E-state index in [-0.39, 0.29) is 41.9 Å². The lowest BCUT2D eigenvalue weighted by molar-refractivity contribution is -0.142. The molecule has 2 aromatic rings. The molecule has 0 spiro atoms. The monoisotopic (exact) mass is 444 g/mol. The second-order valence-electron chi connectivity index (χ2n) is 6.30. The Bertz CT molecular complexity index is 949. The number of esters is 1. The average Bonchev–Trinajstić information content (AvgIpc) is 2.64. The van der Waals surface area contributed by atoms with Gasteiger partial charge in [-0.3, -0.25) is 4.79 Å². The Balaban J connectivity index is 2.05. The molecule has 29 heavy (non-hydrogen) atoms. The molecule has 7 nitrogen and oxygen atoms in total. The van der Waals surface area contributed by atoms with E-state index in [9.17, 15) is 17.6 Å². The summed E-state index contributed by atoms with van der Waals surface area (Å²) in [6.45, 7) is 1.44. The highest BCUT2D eigenvalue weighted by molar-refractivity contribution is 7.91. The zero-order valence-electron chi connectivity index (χ0n) is 15.8. The number of carbonyl (C=O) groups is 1. The van der Waals surface area contributed by atoms with Crippen LogP contribution in [0.25, 0.3) is 0 Å². The molecule has 0 aliphatic heterocycles. The number of benzene rings is 2. The van der Waals surface area contributed by atoms with Gasteiger partial charge in [0.2, 0.25) is 0 Å². The van der Waals surface area contributed by atoms with Gasteiger partial charge in [0.1, 0.15) is 12.4 Å². The van der Waals surface area contributed by atoms with Gasteiger partial charge in [0.15, 0.2) is 9.84 Å². The van der Waals surface area contributed by atoms with Gasteiger partial charge in [-0.1, -0.05) is 35.4 Å². The maximum absolute atomic E-state index is 14.1. The van der Waals surface area contributed by atoms with Crippen LogP contribution < -0.4 is 11.2 Å². The van der Waals surface area contributed by atoms with Crippen molar-refractivity contribution in [3.63, 3.8) is 0 Å². The van der Waals surface area contributed by atoms with Crippen molar-refractivity contribution in [3.8, 4) is 0 Å². The summed E-state index contributed by atoms with van der Waals surface area (Å²) in [6, 6.07) is 9.57. The van der Waals surface area contributed by atoms with Crippen LogP contribution in [0.1, 0.15) is 11.1 Å². The van der Waals surface area contributed by atoms with Crippen molar-refractivity contribution in [2.24, 2.45) is 5.90 Å². The molecule has 2 aromatic carbocycles. The van der Waals surface area contributed by atoms with Gasteiger partial charge in [-0.05, 0) is 30.7 Å². The topological polar surface area (TPSA) is 108 Å². The SMILES string of the molecule is Cc1ccc(Nc2c(F)cccc2Cl)c(CC(=O)OCCS(=O)(=O)CCON)c1. The van der Waals surface area contributed by atoms with E-state index in [1.54, 1.807) is 24.3 Å². The van der Waals surface area contributed by atoms with Crippen LogP contribution >= 0.6 is 11.6 Å². The van der Waals surface area contributed by atoms with E-state index in [0.717, 1.165) is 5.56 Å². The first-order chi connectivity index (χ1) is 13.7. The van der Waals surface area contributed by atoms with E-state index in [4.69, 9.17) is 22.2 Å². The summed E-state index contributed by atoms with van der Waals surface area (Å²) >= 11 is 6.05. The number of carbonyl (C=O) groups excluding carboxylic acids is 1. The minimum atomic E-state index is -3.43. The number of sulfone groups is 1. The van der Waals surface area contributed by atoms with Crippen molar-refractivity contribution in [2.45, 2.75) is 13.3 Å². The van der Waals surface area contributed by atoms with Gasteiger partial charge >= 0.3 is 5.97 Å². The Morgan fingerprint density at radius 3 is 2.62 bits per heavy atom. The maximum Gasteiger partial charge on any atom is 0.310 e. The zero-order chi connectivity index (χ0) is 21.4. The highest BCUT2D eigenvalue weighted by Gasteiger charge is 2.15. The number of hydrogen-bond donors (Lipinski definition) is 2. The van der Waals surface area contributed by atoms with Gasteiger partial charge < -0.3 is 14.9 Å². The van der Waals surface area contributed by atoms with Crippen molar-refractivity contribution in [1.82, 2.24) is 0 Å². The minimum absolute atomic E-state index is 0.0980. The smallest absolute Gasteiger partial charge is 0.310 e. The number of aryl methyl sites for hydroxylation is 1. The van der Waals surface area contributed by atoms with Crippen molar-refractivity contribution in [3.05, 3.63) is 58.4 Å². The van der Waals surface area contributed by atoms with Crippen LogP contribution in [-0.2, 0) is 30.6 Å². The van der Waals surface area contributed by atoms with Crippen LogP contribution in [0.4, 0.5) is 15.8 Å². The third-order valence-corrected chi connectivity index (χ3v) is 5.88. The lowest BCUT2D eigenvalue weighted by atomic mass is 10.1. The predicted octanol–water partition coefficient (Wildman–Crippen LogP) is 2.92. The summed E-state index contributed by atoms with van der Waals surface area (Å²) in [5.41, 5.74) is 2.05. The van der Waals surface area contributed by atoms with Gasteiger partial charge in [0.25, 0.3) is 0 Å². The maximum atomic E-state index is 14.1. The summed E-state index contributed by atoms with van der Waals surface area (Å²) in [4.78, 5) is 16.4. The largest absolute Gasteiger partial charge is 0.464 e. The summed E-state index contributed by atoms with van der Waals surface area (Å²) in [5.74, 6) is 3.09. The Kier molecular flexibility index (Phi) is 8.39. The molecule has 0 radical (unpaired) electrons. The fourth-order valence-corrected chi connectivity index (χ4v) is 3.61. The van der Waals surface area contributed by atoms with Crippen LogP contribution in [0.2, 0.25) is 5.02 Å². The summed E-state index contributed by atoms with van der Waals surface area (Å²) < 4.78 is 42.5. The Hall–Kier alpha value is -2.20. The number of halogens is 2. The Morgan fingerprint density at radius 2 is 1.93 bits per heavy atom. The molecule has 0 unspecified atom stereocenters. The van der Waals surface area contributed by atoms with Gasteiger partial charge in [-0.15, -0.1) is 0 Å². The summed E-state index contributed by atoms with van der Waals surface area (Å²) in [7, 11) is -3.43. The van der Waals surface area contributed by atoms with Crippen molar-refractivity contribution in [1.29, 1.82) is 0 Å². The first-order valence-electron chi connectivity index (χ1n) is 8.70. The van der Waals surface area contributed by atoms with E-state index in [1.165, 1.54) is 12.1 Å². The van der Waals surface area contributed by atoms with Crippen LogP contribution in [-0.4, -0.2) is 39.1 Å². The molecule has 2 rings (SSSR count). The molecule has 3 N–H and O–H groups in total. The fourth-order valence-electron chi connectivity index (χ4n) is 2.51. The Morgan fingerprint density at radius 1 is 1.21 bits per heavy atom. The van der Waals surface area contributed by atoms with Gasteiger partial charge in [0.05, 0.1) is 35.2 Å². The molecule has 0 aliphatic carbocycles. The van der Waals surface area contributed by atoms with E-state index in [1.807, 2.05) is 6.92 Å². The molecule has 0 aromatic heterocycles. The standard InChI is InChI=1S/C19H22ClFN2O5S/c1-13-5-6-17(23-19-15(20)3-2-4-16(19)21)14(11-13)12-18(24)27-7-9-29(25,26)10-8-28-22/h2-6,11,23H,7-10,12,22H2,1H3. The summed E-state index contributed by atoms with van der Waals surface area (Å²) in [6.07, 6.45) is -0.123. The van der Waals surface area contributed by atoms with E-state index in [2.05, 4.69) is 10.2 Å². The van der Waals surface area contributed by atoms with Gasteiger partial charge in [-0.25, -0.2) is 18.7 Å². The second-order valence-corrected chi connectivity index (χ2v) is 9.01. The number of anilines is 2.